The molecule has 0 aromatic heterocycles. The van der Waals surface area contributed by atoms with Crippen LogP contribution < -0.4 is 0 Å². The summed E-state index contributed by atoms with van der Waals surface area (Å²) < 4.78 is 0. The minimum atomic E-state index is -0.314. The van der Waals surface area contributed by atoms with Gasteiger partial charge in [0.05, 0.1) is 0 Å². The fourth-order valence-electron chi connectivity index (χ4n) is 3.43. The van der Waals surface area contributed by atoms with E-state index in [4.69, 9.17) is 9.78 Å². The third-order valence-electron chi connectivity index (χ3n) is 4.90. The van der Waals surface area contributed by atoms with Crippen molar-refractivity contribution in [3.63, 3.8) is 0 Å². The quantitative estimate of drug-likeness (QED) is 0.259. The molecule has 0 amide bonds. The van der Waals surface area contributed by atoms with Gasteiger partial charge >= 0.3 is 0 Å². The molecule has 4 aromatic rings. The fraction of sp³-hybridized carbons (Fsp3) is 0.111. The minimum Gasteiger partial charge on any atom is -0.223 e. The highest BCUT2D eigenvalue weighted by atomic mass is 17.2. The SMILES string of the molecule is Cc1cccc(C(OOC(c2ccccc2)c2ccccc2)c2ccccc2)c1. The van der Waals surface area contributed by atoms with Crippen molar-refractivity contribution in [1.29, 1.82) is 0 Å². The molecule has 0 spiro atoms. The Morgan fingerprint density at radius 3 is 1.24 bits per heavy atom. The summed E-state index contributed by atoms with van der Waals surface area (Å²) in [5.41, 5.74) is 5.41. The predicted molar refractivity (Wildman–Crippen MR) is 116 cm³/mol. The summed E-state index contributed by atoms with van der Waals surface area (Å²) in [6.45, 7) is 2.09. The average Bonchev–Trinajstić information content (AvgIpc) is 2.78. The van der Waals surface area contributed by atoms with Gasteiger partial charge in [0.25, 0.3) is 0 Å². The van der Waals surface area contributed by atoms with Crippen LogP contribution in [0, 0.1) is 6.92 Å². The van der Waals surface area contributed by atoms with Crippen molar-refractivity contribution in [3.8, 4) is 0 Å². The molecule has 0 N–H and O–H groups in total. The zero-order valence-electron chi connectivity index (χ0n) is 16.4. The van der Waals surface area contributed by atoms with Gasteiger partial charge in [-0.1, -0.05) is 121 Å². The highest BCUT2D eigenvalue weighted by molar-refractivity contribution is 5.33. The van der Waals surface area contributed by atoms with E-state index in [2.05, 4.69) is 67.6 Å². The van der Waals surface area contributed by atoms with Gasteiger partial charge in [-0.2, -0.15) is 0 Å². The Hall–Kier alpha value is -3.20. The predicted octanol–water partition coefficient (Wildman–Crippen LogP) is 6.82. The van der Waals surface area contributed by atoms with Gasteiger partial charge in [-0.15, -0.1) is 0 Å². The van der Waals surface area contributed by atoms with Gasteiger partial charge < -0.3 is 0 Å². The summed E-state index contributed by atoms with van der Waals surface area (Å²) in [6.07, 6.45) is -0.626. The second kappa shape index (κ2) is 9.33. The van der Waals surface area contributed by atoms with Gasteiger partial charge in [0.2, 0.25) is 0 Å². The maximum atomic E-state index is 6.14. The van der Waals surface area contributed by atoms with Crippen molar-refractivity contribution < 1.29 is 9.78 Å². The molecular formula is C27H24O2. The van der Waals surface area contributed by atoms with E-state index in [0.29, 0.717) is 0 Å². The van der Waals surface area contributed by atoms with Gasteiger partial charge in [0.15, 0.2) is 0 Å². The highest BCUT2D eigenvalue weighted by Crippen LogP contribution is 2.32. The molecule has 2 nitrogen and oxygen atoms in total. The summed E-state index contributed by atoms with van der Waals surface area (Å²) in [6, 6.07) is 38.9. The normalized spacial score (nSPS) is 12.1. The van der Waals surface area contributed by atoms with E-state index in [1.165, 1.54) is 5.56 Å². The lowest BCUT2D eigenvalue weighted by Crippen LogP contribution is -2.12. The molecule has 2 heteroatoms. The Morgan fingerprint density at radius 1 is 0.448 bits per heavy atom. The molecule has 0 saturated heterocycles. The van der Waals surface area contributed by atoms with Crippen LogP contribution in [0.5, 0.6) is 0 Å². The molecule has 144 valence electrons. The second-order valence-corrected chi connectivity index (χ2v) is 7.10. The summed E-state index contributed by atoms with van der Waals surface area (Å²) >= 11 is 0. The first-order valence-electron chi connectivity index (χ1n) is 9.85. The number of hydrogen-bond donors (Lipinski definition) is 0. The first kappa shape index (κ1) is 19.1. The second-order valence-electron chi connectivity index (χ2n) is 7.10. The standard InChI is InChI=1S/C27H24O2/c1-21-12-11-19-25(20-21)27(24-17-9-4-10-18-24)29-28-26(22-13-5-2-6-14-22)23-15-7-3-8-16-23/h2-20,26-27H,1H3. The van der Waals surface area contributed by atoms with Gasteiger partial charge in [-0.3, -0.25) is 0 Å². The Balaban J connectivity index is 1.66. The van der Waals surface area contributed by atoms with E-state index >= 15 is 0 Å². The first-order valence-corrected chi connectivity index (χ1v) is 9.85. The average molecular weight is 380 g/mol. The molecule has 4 aromatic carbocycles. The highest BCUT2D eigenvalue weighted by Gasteiger charge is 2.21. The molecule has 0 aliphatic heterocycles. The topological polar surface area (TPSA) is 18.5 Å². The van der Waals surface area contributed by atoms with E-state index in [0.717, 1.165) is 22.3 Å². The van der Waals surface area contributed by atoms with Crippen LogP contribution in [-0.4, -0.2) is 0 Å². The van der Waals surface area contributed by atoms with Gasteiger partial charge in [0, 0.05) is 0 Å². The van der Waals surface area contributed by atoms with Crippen LogP contribution >= 0.6 is 0 Å². The van der Waals surface area contributed by atoms with Crippen LogP contribution in [0.1, 0.15) is 40.0 Å². The van der Waals surface area contributed by atoms with Crippen LogP contribution in [0.15, 0.2) is 115 Å². The fourth-order valence-corrected chi connectivity index (χ4v) is 3.43. The number of aryl methyl sites for hydroxylation is 1. The first-order chi connectivity index (χ1) is 14.3. The van der Waals surface area contributed by atoms with Gasteiger partial charge in [0.1, 0.15) is 12.2 Å². The largest absolute Gasteiger partial charge is 0.223 e. The van der Waals surface area contributed by atoms with E-state index in [-0.39, 0.29) is 12.2 Å². The summed E-state index contributed by atoms with van der Waals surface area (Å²) in [5.74, 6) is 0. The lowest BCUT2D eigenvalue weighted by atomic mass is 10.00. The third kappa shape index (κ3) is 4.80. The molecule has 1 unspecified atom stereocenters. The Bertz CT molecular complexity index is 974. The molecule has 0 bridgehead atoms. The minimum absolute atomic E-state index is 0.312. The molecular weight excluding hydrogens is 356 g/mol. The zero-order chi connectivity index (χ0) is 19.9. The van der Waals surface area contributed by atoms with Crippen molar-refractivity contribution in [2.75, 3.05) is 0 Å². The molecule has 0 saturated carbocycles. The van der Waals surface area contributed by atoms with Crippen LogP contribution in [-0.2, 0) is 9.78 Å². The monoisotopic (exact) mass is 380 g/mol. The smallest absolute Gasteiger partial charge is 0.143 e. The van der Waals surface area contributed by atoms with Crippen molar-refractivity contribution in [2.24, 2.45) is 0 Å². The third-order valence-corrected chi connectivity index (χ3v) is 4.90. The van der Waals surface area contributed by atoms with Crippen molar-refractivity contribution in [2.45, 2.75) is 19.1 Å². The Kier molecular flexibility index (Phi) is 6.16. The van der Waals surface area contributed by atoms with Crippen molar-refractivity contribution >= 4 is 0 Å². The molecule has 0 fully saturated rings. The lowest BCUT2D eigenvalue weighted by molar-refractivity contribution is -0.340. The van der Waals surface area contributed by atoms with Crippen LogP contribution in [0.3, 0.4) is 0 Å². The lowest BCUT2D eigenvalue weighted by Gasteiger charge is -2.23. The molecule has 0 aliphatic carbocycles. The Morgan fingerprint density at radius 2 is 0.828 bits per heavy atom. The molecule has 0 heterocycles. The van der Waals surface area contributed by atoms with Gasteiger partial charge in [-0.05, 0) is 29.2 Å². The van der Waals surface area contributed by atoms with Gasteiger partial charge in [-0.25, -0.2) is 9.78 Å². The molecule has 29 heavy (non-hydrogen) atoms. The molecule has 4 rings (SSSR count). The summed E-state index contributed by atoms with van der Waals surface area (Å²) in [7, 11) is 0. The number of benzene rings is 4. The summed E-state index contributed by atoms with van der Waals surface area (Å²) in [5, 5.41) is 0. The Labute approximate surface area is 172 Å². The van der Waals surface area contributed by atoms with E-state index < -0.39 is 0 Å². The van der Waals surface area contributed by atoms with Crippen LogP contribution in [0.4, 0.5) is 0 Å². The van der Waals surface area contributed by atoms with Crippen LogP contribution in [0.25, 0.3) is 0 Å². The number of hydrogen-bond acceptors (Lipinski definition) is 2. The van der Waals surface area contributed by atoms with E-state index in [1.54, 1.807) is 0 Å². The molecule has 0 radical (unpaired) electrons. The van der Waals surface area contributed by atoms with Crippen LogP contribution in [0.2, 0.25) is 0 Å². The maximum Gasteiger partial charge on any atom is 0.143 e. The maximum absolute atomic E-state index is 6.14. The van der Waals surface area contributed by atoms with Crippen molar-refractivity contribution in [1.82, 2.24) is 0 Å². The van der Waals surface area contributed by atoms with E-state index in [9.17, 15) is 0 Å². The summed E-state index contributed by atoms with van der Waals surface area (Å²) in [4.78, 5) is 12.3. The molecule has 1 atom stereocenters. The zero-order valence-corrected chi connectivity index (χ0v) is 16.4. The number of rotatable bonds is 7. The van der Waals surface area contributed by atoms with Crippen molar-refractivity contribution in [3.05, 3.63) is 143 Å². The molecule has 0 aliphatic rings. The van der Waals surface area contributed by atoms with E-state index in [1.807, 2.05) is 54.6 Å².